The van der Waals surface area contributed by atoms with E-state index in [0.717, 1.165) is 74.4 Å². The summed E-state index contributed by atoms with van der Waals surface area (Å²) >= 11 is 1.74. The van der Waals surface area contributed by atoms with E-state index in [1.807, 2.05) is 37.8 Å². The highest BCUT2D eigenvalue weighted by Gasteiger charge is 2.16. The van der Waals surface area contributed by atoms with Crippen LogP contribution in [0.25, 0.3) is 60.6 Å². The fraction of sp³-hybridized carbons (Fsp3) is 0.0909. The lowest BCUT2D eigenvalue weighted by Gasteiger charge is -2.07. The number of aromatic nitrogens is 6. The van der Waals surface area contributed by atoms with Crippen molar-refractivity contribution in [3.8, 4) is 33.1 Å². The highest BCUT2D eigenvalue weighted by Crippen LogP contribution is 2.37. The number of nitrogens with one attached hydrogen (secondary N) is 3. The Kier molecular flexibility index (Phi) is 6.47. The summed E-state index contributed by atoms with van der Waals surface area (Å²) in [6, 6.07) is 23.1. The predicted octanol–water partition coefficient (Wildman–Crippen LogP) is 7.61. The van der Waals surface area contributed by atoms with Crippen molar-refractivity contribution in [1.82, 2.24) is 35.5 Å². The standard InChI is InChI=1S/C33H27N7S/c1-20(2)30-8-9-31(41-30)24-10-11-36-33-25(24)13-28(38-33)32-26-14-27(37-19-29(26)39-40-32)23-12-22(17-35-18-23)16-34-15-21-6-4-3-5-7-21/h3-14,17-19,34H,1,15-16H2,2H3,(H,36,38)(H,39,40). The van der Waals surface area contributed by atoms with Crippen LogP contribution in [0.3, 0.4) is 0 Å². The first kappa shape index (κ1) is 25.1. The number of thiophene rings is 1. The van der Waals surface area contributed by atoms with Gasteiger partial charge in [0.2, 0.25) is 0 Å². The van der Waals surface area contributed by atoms with E-state index in [9.17, 15) is 0 Å². The summed E-state index contributed by atoms with van der Waals surface area (Å²) in [7, 11) is 0. The Labute approximate surface area is 241 Å². The molecule has 200 valence electrons. The maximum absolute atomic E-state index is 4.71. The number of nitrogens with zero attached hydrogens (tertiary/aromatic N) is 4. The number of H-pyrrole nitrogens is 2. The first-order chi connectivity index (χ1) is 20.1. The summed E-state index contributed by atoms with van der Waals surface area (Å²) < 4.78 is 0. The zero-order chi connectivity index (χ0) is 27.8. The predicted molar refractivity (Wildman–Crippen MR) is 167 cm³/mol. The van der Waals surface area contributed by atoms with Crippen molar-refractivity contribution in [1.29, 1.82) is 0 Å². The van der Waals surface area contributed by atoms with Crippen LogP contribution >= 0.6 is 11.3 Å². The lowest BCUT2D eigenvalue weighted by molar-refractivity contribution is 0.691. The highest BCUT2D eigenvalue weighted by atomic mass is 32.1. The van der Waals surface area contributed by atoms with Crippen LogP contribution in [0, 0.1) is 0 Å². The van der Waals surface area contributed by atoms with Gasteiger partial charge in [-0.2, -0.15) is 5.10 Å². The SMILES string of the molecule is C=C(C)c1ccc(-c2ccnc3[nH]c(-c4n[nH]c5cnc(-c6cncc(CNCc7ccccc7)c6)cc45)cc23)s1. The van der Waals surface area contributed by atoms with Gasteiger partial charge in [-0.1, -0.05) is 36.9 Å². The van der Waals surface area contributed by atoms with E-state index in [1.54, 1.807) is 11.3 Å². The zero-order valence-electron chi connectivity index (χ0n) is 22.5. The first-order valence-corrected chi connectivity index (χ1v) is 14.2. The van der Waals surface area contributed by atoms with Gasteiger partial charge in [0.05, 0.1) is 23.1 Å². The summed E-state index contributed by atoms with van der Waals surface area (Å²) in [6.45, 7) is 7.64. The Morgan fingerprint density at radius 2 is 1.78 bits per heavy atom. The number of aromatic amines is 2. The lowest BCUT2D eigenvalue weighted by Crippen LogP contribution is -2.12. The molecule has 0 spiro atoms. The molecule has 0 aliphatic heterocycles. The number of pyridine rings is 3. The molecule has 1 aromatic carbocycles. The van der Waals surface area contributed by atoms with Crippen molar-refractivity contribution < 1.29 is 0 Å². The third-order valence-electron chi connectivity index (χ3n) is 7.12. The van der Waals surface area contributed by atoms with Gasteiger partial charge < -0.3 is 10.3 Å². The number of hydrogen-bond acceptors (Lipinski definition) is 6. The van der Waals surface area contributed by atoms with E-state index < -0.39 is 0 Å². The molecule has 0 saturated carbocycles. The number of rotatable bonds is 8. The minimum Gasteiger partial charge on any atom is -0.338 e. The average Bonchev–Trinajstić information content (AvgIpc) is 3.76. The van der Waals surface area contributed by atoms with Crippen LogP contribution in [0.4, 0.5) is 0 Å². The third-order valence-corrected chi connectivity index (χ3v) is 8.40. The number of hydrogen-bond donors (Lipinski definition) is 3. The van der Waals surface area contributed by atoms with Crippen molar-refractivity contribution >= 4 is 38.8 Å². The summed E-state index contributed by atoms with van der Waals surface area (Å²) in [5.74, 6) is 0. The summed E-state index contributed by atoms with van der Waals surface area (Å²) in [5, 5.41) is 13.3. The Hall–Kier alpha value is -4.92. The summed E-state index contributed by atoms with van der Waals surface area (Å²) in [6.07, 6.45) is 7.43. The van der Waals surface area contributed by atoms with Gasteiger partial charge in [0, 0.05) is 63.3 Å². The Morgan fingerprint density at radius 1 is 0.902 bits per heavy atom. The summed E-state index contributed by atoms with van der Waals surface area (Å²) in [4.78, 5) is 19.7. The molecule has 6 heterocycles. The lowest BCUT2D eigenvalue weighted by atomic mass is 10.1. The number of fused-ring (bicyclic) bond motifs is 2. The van der Waals surface area contributed by atoms with E-state index in [-0.39, 0.29) is 0 Å². The van der Waals surface area contributed by atoms with Crippen LogP contribution in [0.2, 0.25) is 0 Å². The molecule has 0 bridgehead atoms. The molecule has 7 aromatic rings. The van der Waals surface area contributed by atoms with Gasteiger partial charge in [-0.25, -0.2) is 4.98 Å². The van der Waals surface area contributed by atoms with E-state index in [4.69, 9.17) is 4.98 Å². The fourth-order valence-corrected chi connectivity index (χ4v) is 6.00. The van der Waals surface area contributed by atoms with Gasteiger partial charge in [-0.05, 0) is 60.0 Å². The van der Waals surface area contributed by atoms with Crippen molar-refractivity contribution in [2.45, 2.75) is 20.0 Å². The molecule has 0 atom stereocenters. The van der Waals surface area contributed by atoms with Crippen LogP contribution in [0.5, 0.6) is 0 Å². The van der Waals surface area contributed by atoms with Gasteiger partial charge in [-0.3, -0.25) is 15.1 Å². The Morgan fingerprint density at radius 3 is 2.63 bits per heavy atom. The highest BCUT2D eigenvalue weighted by molar-refractivity contribution is 7.16. The molecule has 0 aliphatic carbocycles. The molecule has 0 radical (unpaired) electrons. The maximum atomic E-state index is 4.71. The van der Waals surface area contributed by atoms with Gasteiger partial charge in [-0.15, -0.1) is 11.3 Å². The molecule has 0 saturated heterocycles. The molecule has 0 amide bonds. The van der Waals surface area contributed by atoms with Gasteiger partial charge >= 0.3 is 0 Å². The van der Waals surface area contributed by atoms with Gasteiger partial charge in [0.15, 0.2) is 0 Å². The Balaban J connectivity index is 1.19. The van der Waals surface area contributed by atoms with Crippen LogP contribution in [-0.2, 0) is 13.1 Å². The number of benzene rings is 1. The molecule has 7 rings (SSSR count). The zero-order valence-corrected chi connectivity index (χ0v) is 23.3. The molecular formula is C33H27N7S. The fourth-order valence-electron chi connectivity index (χ4n) is 5.03. The molecule has 3 N–H and O–H groups in total. The molecule has 6 aromatic heterocycles. The van der Waals surface area contributed by atoms with Crippen LogP contribution < -0.4 is 5.32 Å². The molecule has 7 nitrogen and oxygen atoms in total. The van der Waals surface area contributed by atoms with E-state index in [1.165, 1.54) is 15.3 Å². The Bertz CT molecular complexity index is 2020. The average molecular weight is 554 g/mol. The third kappa shape index (κ3) is 4.95. The second-order valence-electron chi connectivity index (χ2n) is 10.1. The smallest absolute Gasteiger partial charge is 0.138 e. The second kappa shape index (κ2) is 10.6. The normalized spacial score (nSPS) is 11.4. The molecule has 0 unspecified atom stereocenters. The van der Waals surface area contributed by atoms with Crippen molar-refractivity contribution in [2.24, 2.45) is 0 Å². The van der Waals surface area contributed by atoms with Gasteiger partial charge in [0.1, 0.15) is 11.3 Å². The minimum atomic E-state index is 0.720. The number of allylic oxidation sites excluding steroid dienone is 1. The molecular weight excluding hydrogens is 526 g/mol. The topological polar surface area (TPSA) is 95.2 Å². The minimum absolute atomic E-state index is 0.720. The second-order valence-corrected chi connectivity index (χ2v) is 11.2. The van der Waals surface area contributed by atoms with E-state index >= 15 is 0 Å². The van der Waals surface area contributed by atoms with Crippen LogP contribution in [0.1, 0.15) is 22.9 Å². The molecule has 8 heteroatoms. The summed E-state index contributed by atoms with van der Waals surface area (Å²) in [5.41, 5.74) is 9.79. The molecule has 0 aliphatic rings. The van der Waals surface area contributed by atoms with Crippen LogP contribution in [0.15, 0.2) is 98.1 Å². The van der Waals surface area contributed by atoms with Crippen molar-refractivity contribution in [3.05, 3.63) is 114 Å². The molecule has 41 heavy (non-hydrogen) atoms. The monoisotopic (exact) mass is 553 g/mol. The largest absolute Gasteiger partial charge is 0.338 e. The van der Waals surface area contributed by atoms with Crippen molar-refractivity contribution in [2.75, 3.05) is 0 Å². The van der Waals surface area contributed by atoms with E-state index in [2.05, 4.69) is 97.7 Å². The quantitative estimate of drug-likeness (QED) is 0.180. The first-order valence-electron chi connectivity index (χ1n) is 13.4. The van der Waals surface area contributed by atoms with Crippen LogP contribution in [-0.4, -0.2) is 30.1 Å². The molecule has 0 fully saturated rings. The van der Waals surface area contributed by atoms with Gasteiger partial charge in [0.25, 0.3) is 0 Å². The van der Waals surface area contributed by atoms with E-state index in [0.29, 0.717) is 0 Å². The van der Waals surface area contributed by atoms with Crippen molar-refractivity contribution in [3.63, 3.8) is 0 Å². The maximum Gasteiger partial charge on any atom is 0.138 e.